The normalized spacial score (nSPS) is 10.3. The van der Waals surface area contributed by atoms with Gasteiger partial charge in [-0.3, -0.25) is 14.3 Å². The summed E-state index contributed by atoms with van der Waals surface area (Å²) in [5.74, 6) is 0.633. The molecule has 0 bridgehead atoms. The van der Waals surface area contributed by atoms with Crippen molar-refractivity contribution in [2.75, 3.05) is 17.7 Å². The van der Waals surface area contributed by atoms with Gasteiger partial charge in [0.25, 0.3) is 5.56 Å². The summed E-state index contributed by atoms with van der Waals surface area (Å²) in [6, 6.07) is 15.4. The van der Waals surface area contributed by atoms with E-state index in [-0.39, 0.29) is 23.1 Å². The third-order valence-corrected chi connectivity index (χ3v) is 5.81. The highest BCUT2D eigenvalue weighted by molar-refractivity contribution is 5.54. The number of aromatic amines is 1. The van der Waals surface area contributed by atoms with Gasteiger partial charge in [0.2, 0.25) is 11.9 Å². The quantitative estimate of drug-likeness (QED) is 0.210. The molecule has 2 aromatic heterocycles. The molecular formula is C29H38N8O3. The molecule has 0 aliphatic heterocycles. The number of aryl methyl sites for hydroxylation is 2. The van der Waals surface area contributed by atoms with E-state index in [2.05, 4.69) is 35.8 Å². The standard InChI is InChI=1S/C17H21N3O2.C10H11N5O.C2H6/c1-6-20-16(21)13(5)12(4)15(17(20)22)19-18-14-9-10(2)7-8-11(14)3;1-11-8-13-9(15-10(16)14-8)12-7-5-3-2-4-6-7;1-2/h7-9,21H,6H2,1-5H3;2-6H,1H3,(H3,11,12,13,14,15,16);1-2H3. The highest BCUT2D eigenvalue weighted by atomic mass is 16.3. The molecular weight excluding hydrogens is 508 g/mol. The number of hydrogen-bond donors (Lipinski definition) is 4. The Bertz CT molecular complexity index is 1560. The minimum absolute atomic E-state index is 0.00399. The summed E-state index contributed by atoms with van der Waals surface area (Å²) in [7, 11) is 1.65. The van der Waals surface area contributed by atoms with Crippen LogP contribution >= 0.6 is 0 Å². The van der Waals surface area contributed by atoms with E-state index >= 15 is 0 Å². The van der Waals surface area contributed by atoms with E-state index in [0.29, 0.717) is 23.6 Å². The van der Waals surface area contributed by atoms with Crippen molar-refractivity contribution in [1.29, 1.82) is 0 Å². The van der Waals surface area contributed by atoms with Gasteiger partial charge in [-0.15, -0.1) is 5.11 Å². The van der Waals surface area contributed by atoms with Gasteiger partial charge in [-0.1, -0.05) is 44.2 Å². The van der Waals surface area contributed by atoms with Gasteiger partial charge in [0.15, 0.2) is 11.6 Å². The van der Waals surface area contributed by atoms with Gasteiger partial charge in [0, 0.05) is 24.8 Å². The van der Waals surface area contributed by atoms with E-state index in [0.717, 1.165) is 22.5 Å². The van der Waals surface area contributed by atoms with Crippen LogP contribution in [0, 0.1) is 27.7 Å². The van der Waals surface area contributed by atoms with Crippen LogP contribution in [0.3, 0.4) is 0 Å². The third kappa shape index (κ3) is 8.10. The first-order valence-electron chi connectivity index (χ1n) is 13.0. The number of hydrogen-bond acceptors (Lipinski definition) is 9. The number of azo groups is 1. The Balaban J connectivity index is 0.000000275. The second kappa shape index (κ2) is 15.0. The van der Waals surface area contributed by atoms with E-state index in [1.807, 2.05) is 83.1 Å². The second-order valence-corrected chi connectivity index (χ2v) is 8.53. The molecule has 0 fully saturated rings. The lowest BCUT2D eigenvalue weighted by atomic mass is 10.1. The maximum Gasteiger partial charge on any atom is 0.351 e. The van der Waals surface area contributed by atoms with Gasteiger partial charge >= 0.3 is 5.69 Å². The Morgan fingerprint density at radius 2 is 1.62 bits per heavy atom. The van der Waals surface area contributed by atoms with Crippen molar-refractivity contribution in [3.63, 3.8) is 0 Å². The number of nitrogens with zero attached hydrogens (tertiary/aromatic N) is 5. The molecule has 4 aromatic rings. The van der Waals surface area contributed by atoms with Crippen LogP contribution in [0.1, 0.15) is 43.0 Å². The molecule has 0 atom stereocenters. The first-order valence-corrected chi connectivity index (χ1v) is 13.0. The molecule has 212 valence electrons. The average Bonchev–Trinajstić information content (AvgIpc) is 2.95. The number of aromatic nitrogens is 4. The van der Waals surface area contributed by atoms with E-state index < -0.39 is 5.69 Å². The maximum atomic E-state index is 12.4. The van der Waals surface area contributed by atoms with E-state index in [4.69, 9.17) is 0 Å². The summed E-state index contributed by atoms with van der Waals surface area (Å²) in [5, 5.41) is 24.1. The van der Waals surface area contributed by atoms with Crippen molar-refractivity contribution < 1.29 is 5.11 Å². The molecule has 40 heavy (non-hydrogen) atoms. The summed E-state index contributed by atoms with van der Waals surface area (Å²) in [5.41, 5.74) is 4.49. The van der Waals surface area contributed by atoms with Crippen LogP contribution in [0.15, 0.2) is 68.3 Å². The number of aromatic hydroxyl groups is 1. The van der Waals surface area contributed by atoms with Crippen molar-refractivity contribution in [3.05, 3.63) is 91.6 Å². The van der Waals surface area contributed by atoms with E-state index in [1.54, 1.807) is 20.9 Å². The minimum atomic E-state index is -0.446. The fourth-order valence-corrected chi connectivity index (χ4v) is 3.49. The van der Waals surface area contributed by atoms with Crippen molar-refractivity contribution >= 4 is 29.0 Å². The smallest absolute Gasteiger partial charge is 0.351 e. The van der Waals surface area contributed by atoms with Crippen molar-refractivity contribution in [2.45, 2.75) is 55.0 Å². The number of rotatable bonds is 6. The number of pyridine rings is 1. The summed E-state index contributed by atoms with van der Waals surface area (Å²) >= 11 is 0. The van der Waals surface area contributed by atoms with Crippen LogP contribution in [0.5, 0.6) is 5.88 Å². The van der Waals surface area contributed by atoms with Crippen LogP contribution in [-0.2, 0) is 6.54 Å². The van der Waals surface area contributed by atoms with Gasteiger partial charge in [0.05, 0.1) is 5.69 Å². The molecule has 2 heterocycles. The first kappa shape index (κ1) is 31.4. The average molecular weight is 547 g/mol. The molecule has 4 rings (SSSR count). The van der Waals surface area contributed by atoms with Gasteiger partial charge < -0.3 is 15.7 Å². The molecule has 0 saturated heterocycles. The van der Waals surface area contributed by atoms with E-state index in [9.17, 15) is 14.7 Å². The van der Waals surface area contributed by atoms with Gasteiger partial charge in [-0.05, 0) is 69.5 Å². The molecule has 0 spiro atoms. The lowest BCUT2D eigenvalue weighted by molar-refractivity contribution is 0.406. The zero-order valence-electron chi connectivity index (χ0n) is 24.3. The Morgan fingerprint density at radius 3 is 2.25 bits per heavy atom. The summed E-state index contributed by atoms with van der Waals surface area (Å²) in [4.78, 5) is 33.8. The molecule has 0 aliphatic carbocycles. The zero-order valence-corrected chi connectivity index (χ0v) is 24.3. The minimum Gasteiger partial charge on any atom is -0.494 e. The highest BCUT2D eigenvalue weighted by Gasteiger charge is 2.15. The predicted molar refractivity (Wildman–Crippen MR) is 161 cm³/mol. The molecule has 0 saturated carbocycles. The first-order chi connectivity index (χ1) is 19.1. The zero-order chi connectivity index (χ0) is 29.8. The summed E-state index contributed by atoms with van der Waals surface area (Å²) in [6.07, 6.45) is 0. The van der Waals surface area contributed by atoms with Crippen molar-refractivity contribution in [2.24, 2.45) is 10.2 Å². The number of para-hydroxylation sites is 1. The number of H-pyrrole nitrogens is 1. The Morgan fingerprint density at radius 1 is 0.950 bits per heavy atom. The lowest BCUT2D eigenvalue weighted by Crippen LogP contribution is -2.20. The molecule has 11 nitrogen and oxygen atoms in total. The topological polar surface area (TPSA) is 150 Å². The predicted octanol–water partition coefficient (Wildman–Crippen LogP) is 6.20. The van der Waals surface area contributed by atoms with Crippen molar-refractivity contribution in [1.82, 2.24) is 19.5 Å². The summed E-state index contributed by atoms with van der Waals surface area (Å²) in [6.45, 7) is 13.7. The maximum absolute atomic E-state index is 12.4. The Kier molecular flexibility index (Phi) is 11.7. The summed E-state index contributed by atoms with van der Waals surface area (Å²) < 4.78 is 1.31. The largest absolute Gasteiger partial charge is 0.494 e. The fourth-order valence-electron chi connectivity index (χ4n) is 3.49. The monoisotopic (exact) mass is 546 g/mol. The molecule has 11 heteroatoms. The van der Waals surface area contributed by atoms with Crippen LogP contribution in [0.25, 0.3) is 0 Å². The molecule has 0 amide bonds. The van der Waals surface area contributed by atoms with Gasteiger partial charge in [0.1, 0.15) is 0 Å². The molecule has 0 radical (unpaired) electrons. The fraction of sp³-hybridized carbons (Fsp3) is 0.310. The Hall–Kier alpha value is -4.80. The third-order valence-electron chi connectivity index (χ3n) is 5.81. The number of benzene rings is 2. The van der Waals surface area contributed by atoms with Crippen LogP contribution in [-0.4, -0.2) is 31.7 Å². The van der Waals surface area contributed by atoms with E-state index in [1.165, 1.54) is 4.57 Å². The van der Waals surface area contributed by atoms with Crippen LogP contribution < -0.4 is 21.9 Å². The van der Waals surface area contributed by atoms with Gasteiger partial charge in [-0.2, -0.15) is 15.1 Å². The van der Waals surface area contributed by atoms with Crippen molar-refractivity contribution in [3.8, 4) is 5.88 Å². The lowest BCUT2D eigenvalue weighted by Gasteiger charge is -2.12. The number of nitrogens with one attached hydrogen (secondary N) is 3. The molecule has 0 unspecified atom stereocenters. The Labute approximate surface area is 234 Å². The molecule has 4 N–H and O–H groups in total. The number of anilines is 3. The van der Waals surface area contributed by atoms with Gasteiger partial charge in [-0.25, -0.2) is 4.79 Å². The van der Waals surface area contributed by atoms with Crippen LogP contribution in [0.2, 0.25) is 0 Å². The molecule has 2 aromatic carbocycles. The second-order valence-electron chi connectivity index (χ2n) is 8.53. The van der Waals surface area contributed by atoms with Crippen LogP contribution in [0.4, 0.5) is 29.0 Å². The molecule has 0 aliphatic rings. The highest BCUT2D eigenvalue weighted by Crippen LogP contribution is 2.27. The SMILES string of the molecule is CC.CCn1c(O)c(C)c(C)c(N=Nc2cc(C)ccc2C)c1=O.CNc1nc(Nc2ccccc2)[nH]c(=O)n1.